The number of ketones is 1. The second-order valence-electron chi connectivity index (χ2n) is 8.88. The number of Topliss-reactive ketones (excluding diaryl/α,β-unsaturated/α-hetero) is 1. The third-order valence-corrected chi connectivity index (χ3v) is 7.13. The maximum Gasteiger partial charge on any atom is 0.365 e. The van der Waals surface area contributed by atoms with E-state index in [0.717, 1.165) is 0 Å². The Balaban J connectivity index is 1.69. The predicted octanol–water partition coefficient (Wildman–Crippen LogP) is 2.26. The van der Waals surface area contributed by atoms with Crippen LogP contribution in [-0.4, -0.2) is 52.6 Å². The quantitative estimate of drug-likeness (QED) is 0.424. The molecular formula is C25H21NO9. The number of carbonyl (C=O) groups is 2. The van der Waals surface area contributed by atoms with Crippen molar-refractivity contribution in [1.82, 2.24) is 4.74 Å². The van der Waals surface area contributed by atoms with Gasteiger partial charge in [-0.05, 0) is 24.1 Å². The number of fused-ring (bicyclic) bond motifs is 5. The van der Waals surface area contributed by atoms with E-state index in [2.05, 4.69) is 0 Å². The van der Waals surface area contributed by atoms with Crippen LogP contribution in [0.15, 0.2) is 44.9 Å². The fourth-order valence-electron chi connectivity index (χ4n) is 5.58. The molecular weight excluding hydrogens is 458 g/mol. The van der Waals surface area contributed by atoms with Gasteiger partial charge >= 0.3 is 11.6 Å². The summed E-state index contributed by atoms with van der Waals surface area (Å²) in [6.07, 6.45) is -1.23. The first-order valence-corrected chi connectivity index (χ1v) is 11.1. The zero-order valence-electron chi connectivity index (χ0n) is 18.9. The van der Waals surface area contributed by atoms with Crippen LogP contribution in [0.1, 0.15) is 35.2 Å². The molecule has 0 saturated carbocycles. The van der Waals surface area contributed by atoms with Crippen molar-refractivity contribution >= 4 is 22.7 Å². The van der Waals surface area contributed by atoms with Crippen LogP contribution in [0.2, 0.25) is 0 Å². The van der Waals surface area contributed by atoms with Gasteiger partial charge in [0.2, 0.25) is 5.78 Å². The number of hydrogen-bond acceptors (Lipinski definition) is 9. The van der Waals surface area contributed by atoms with Crippen LogP contribution in [0.4, 0.5) is 0 Å². The molecule has 2 aromatic carbocycles. The molecule has 1 aliphatic carbocycles. The Labute approximate surface area is 197 Å². The highest BCUT2D eigenvalue weighted by Crippen LogP contribution is 2.54. The second-order valence-corrected chi connectivity index (χ2v) is 8.88. The largest absolute Gasteiger partial charge is 0.507 e. The summed E-state index contributed by atoms with van der Waals surface area (Å²) < 4.78 is 23.6. The first-order chi connectivity index (χ1) is 16.8. The van der Waals surface area contributed by atoms with Crippen molar-refractivity contribution in [3.8, 4) is 22.6 Å². The molecule has 2 N–H and O–H groups in total. The molecule has 10 nitrogen and oxygen atoms in total. The molecule has 2 atom stereocenters. The number of aromatic nitrogens is 1. The monoisotopic (exact) mass is 479 g/mol. The average molecular weight is 479 g/mol. The molecule has 3 aromatic rings. The van der Waals surface area contributed by atoms with Crippen molar-refractivity contribution in [3.05, 3.63) is 57.1 Å². The number of ether oxygens (including phenoxy) is 3. The number of rotatable bonds is 3. The van der Waals surface area contributed by atoms with Gasteiger partial charge in [0.15, 0.2) is 5.60 Å². The van der Waals surface area contributed by atoms with E-state index < -0.39 is 35.5 Å². The van der Waals surface area contributed by atoms with E-state index in [1.54, 1.807) is 18.2 Å². The highest BCUT2D eigenvalue weighted by Gasteiger charge is 2.57. The minimum absolute atomic E-state index is 0.0128. The molecule has 3 aliphatic rings. The maximum atomic E-state index is 13.9. The standard InChI is InChI=1S/C25H21NO9/c1-32-15-6-7-16(28)25(9-17(29)33-2)20(15)22(30)19-14(27)8-11-10-26-21-12(18(11)23(19)34-25)4-3-5-13(21)24(31)35-26/h3-5,8,16,27-28H,6-7,9-10H2,1-2H3/t16-,25+/m0/s1. The summed E-state index contributed by atoms with van der Waals surface area (Å²) in [4.78, 5) is 38.8. The van der Waals surface area contributed by atoms with Crippen molar-refractivity contribution in [1.29, 1.82) is 0 Å². The molecule has 0 unspecified atom stereocenters. The number of phenolic OH excluding ortho intramolecular Hbond substituents is 1. The number of carbonyl (C=O) groups excluding carboxylic acids is 2. The zero-order valence-corrected chi connectivity index (χ0v) is 18.9. The molecule has 0 saturated heterocycles. The molecule has 0 spiro atoms. The number of esters is 1. The Hall–Kier alpha value is -4.05. The molecule has 0 fully saturated rings. The van der Waals surface area contributed by atoms with Gasteiger partial charge in [-0.15, -0.1) is 0 Å². The Bertz CT molecular complexity index is 1540. The third kappa shape index (κ3) is 2.71. The smallest absolute Gasteiger partial charge is 0.365 e. The van der Waals surface area contributed by atoms with Crippen molar-refractivity contribution in [2.24, 2.45) is 0 Å². The van der Waals surface area contributed by atoms with Crippen molar-refractivity contribution in [2.75, 3.05) is 14.2 Å². The minimum atomic E-state index is -1.77. The lowest BCUT2D eigenvalue weighted by molar-refractivity contribution is -0.148. The molecule has 0 amide bonds. The molecule has 0 radical (unpaired) electrons. The maximum absolute atomic E-state index is 13.9. The summed E-state index contributed by atoms with van der Waals surface area (Å²) in [5, 5.41) is 22.4. The summed E-state index contributed by atoms with van der Waals surface area (Å²) >= 11 is 0. The van der Waals surface area contributed by atoms with E-state index in [4.69, 9.17) is 18.7 Å². The molecule has 1 aromatic heterocycles. The summed E-state index contributed by atoms with van der Waals surface area (Å²) in [7, 11) is 2.61. The van der Waals surface area contributed by atoms with Gasteiger partial charge in [-0.1, -0.05) is 12.1 Å². The zero-order chi connectivity index (χ0) is 24.6. The van der Waals surface area contributed by atoms with Crippen LogP contribution in [-0.2, 0) is 20.8 Å². The van der Waals surface area contributed by atoms with Gasteiger partial charge in [-0.3, -0.25) is 9.59 Å². The van der Waals surface area contributed by atoms with Crippen LogP contribution in [0.3, 0.4) is 0 Å². The summed E-state index contributed by atoms with van der Waals surface area (Å²) in [5.74, 6) is -1.31. The van der Waals surface area contributed by atoms with Crippen molar-refractivity contribution in [3.63, 3.8) is 0 Å². The first-order valence-electron chi connectivity index (χ1n) is 11.1. The van der Waals surface area contributed by atoms with E-state index in [0.29, 0.717) is 27.6 Å². The molecule has 6 rings (SSSR count). The highest BCUT2D eigenvalue weighted by molar-refractivity contribution is 6.17. The fraction of sp³-hybridized carbons (Fsp3) is 0.320. The Morgan fingerprint density at radius 2 is 2.06 bits per heavy atom. The van der Waals surface area contributed by atoms with Crippen LogP contribution < -0.4 is 10.4 Å². The van der Waals surface area contributed by atoms with Crippen molar-refractivity contribution in [2.45, 2.75) is 37.5 Å². The highest BCUT2D eigenvalue weighted by atomic mass is 16.5. The SMILES string of the molecule is COC(=O)C[C@]12Oc3c(c(O)cc4c3-c3cccc5c(=O)on(c35)C4)C(=O)C1=C(OC)CC[C@@H]2O. The lowest BCUT2D eigenvalue weighted by Gasteiger charge is -2.46. The number of hydrogen-bond donors (Lipinski definition) is 2. The van der Waals surface area contributed by atoms with Gasteiger partial charge in [-0.25, -0.2) is 9.53 Å². The van der Waals surface area contributed by atoms with Crippen molar-refractivity contribution < 1.29 is 38.5 Å². The predicted molar refractivity (Wildman–Crippen MR) is 120 cm³/mol. The molecule has 10 heteroatoms. The lowest BCUT2D eigenvalue weighted by Crippen LogP contribution is -2.57. The van der Waals surface area contributed by atoms with Gasteiger partial charge in [0.25, 0.3) is 0 Å². The lowest BCUT2D eigenvalue weighted by atomic mass is 9.71. The third-order valence-electron chi connectivity index (χ3n) is 7.13. The first kappa shape index (κ1) is 21.5. The van der Waals surface area contributed by atoms with E-state index in [9.17, 15) is 24.6 Å². The summed E-state index contributed by atoms with van der Waals surface area (Å²) in [6.45, 7) is 0.113. The van der Waals surface area contributed by atoms with Crippen LogP contribution >= 0.6 is 0 Å². The molecule has 35 heavy (non-hydrogen) atoms. The number of aromatic hydroxyl groups is 1. The van der Waals surface area contributed by atoms with E-state index in [1.807, 2.05) is 0 Å². The van der Waals surface area contributed by atoms with Crippen LogP contribution in [0.5, 0.6) is 11.5 Å². The van der Waals surface area contributed by atoms with Gasteiger partial charge in [0.1, 0.15) is 22.8 Å². The number of methoxy groups -OCH3 is 2. The minimum Gasteiger partial charge on any atom is -0.507 e. The summed E-state index contributed by atoms with van der Waals surface area (Å²) in [5.41, 5.74) is -0.270. The number of nitrogens with zero attached hydrogens (tertiary/aromatic N) is 1. The number of benzene rings is 2. The topological polar surface area (TPSA) is 137 Å². The van der Waals surface area contributed by atoms with Gasteiger partial charge in [0, 0.05) is 17.5 Å². The number of aliphatic hydroxyl groups is 1. The molecule has 180 valence electrons. The number of phenols is 1. The number of para-hydroxylation sites is 1. The van der Waals surface area contributed by atoms with E-state index in [1.165, 1.54) is 25.0 Å². The second kappa shape index (κ2) is 7.22. The number of allylic oxidation sites excluding steroid dienone is 1. The van der Waals surface area contributed by atoms with E-state index >= 15 is 0 Å². The Morgan fingerprint density at radius 1 is 1.26 bits per heavy atom. The average Bonchev–Trinajstić information content (AvgIpc) is 3.16. The molecule has 2 aliphatic heterocycles. The number of aliphatic hydroxyl groups excluding tert-OH is 1. The summed E-state index contributed by atoms with van der Waals surface area (Å²) in [6, 6.07) is 6.52. The van der Waals surface area contributed by atoms with E-state index in [-0.39, 0.29) is 47.8 Å². The van der Waals surface area contributed by atoms with Gasteiger partial charge in [-0.2, -0.15) is 0 Å². The molecule has 3 heterocycles. The normalized spacial score (nSPS) is 22.3. The van der Waals surface area contributed by atoms with Crippen LogP contribution in [0.25, 0.3) is 22.0 Å². The Kier molecular flexibility index (Phi) is 4.43. The fourth-order valence-corrected chi connectivity index (χ4v) is 5.58. The Morgan fingerprint density at radius 3 is 2.80 bits per heavy atom. The van der Waals surface area contributed by atoms with Gasteiger partial charge < -0.3 is 28.9 Å². The van der Waals surface area contributed by atoms with Gasteiger partial charge in [0.05, 0.1) is 49.8 Å². The molecule has 0 bridgehead atoms. The van der Waals surface area contributed by atoms with Crippen LogP contribution in [0, 0.1) is 0 Å².